The van der Waals surface area contributed by atoms with Gasteiger partial charge >= 0.3 is 38.6 Å². The van der Waals surface area contributed by atoms with Crippen molar-refractivity contribution in [3.63, 3.8) is 0 Å². The van der Waals surface area contributed by atoms with E-state index in [4.69, 9.17) is 26.5 Å². The third kappa shape index (κ3) is 10.6. The van der Waals surface area contributed by atoms with Crippen molar-refractivity contribution in [3.8, 4) is 0 Å². The van der Waals surface area contributed by atoms with E-state index < -0.39 is 0 Å². The normalized spacial score (nSPS) is 9.91. The minimum absolute atomic E-state index is 0. The monoisotopic (exact) mass is 771 g/mol. The first-order valence-electron chi connectivity index (χ1n) is 13.2. The van der Waals surface area contributed by atoms with E-state index in [-0.39, 0.29) is 127 Å². The number of carbonyl (C=O) groups is 6. The molecule has 0 atom stereocenters. The van der Waals surface area contributed by atoms with Crippen molar-refractivity contribution in [1.82, 2.24) is 0 Å². The Balaban J connectivity index is 0.000000186. The molecule has 0 saturated heterocycles. The SMILES string of the molecule is O=C(CC(=O)c1ccco1)c1ccco1.O=C(CC(=O)c1ccco1)c1ccco1.O=C(CC(=O)c1ccco1)c1ccco1.[Tb+3]. The number of hydrogen-bond donors (Lipinski definition) is 0. The summed E-state index contributed by atoms with van der Waals surface area (Å²) >= 11 is 0. The van der Waals surface area contributed by atoms with Crippen molar-refractivity contribution in [1.29, 1.82) is 0 Å². The Morgan fingerprint density at radius 3 is 0.587 bits per heavy atom. The fraction of sp³-hybridized carbons (Fsp3) is 0.0909. The van der Waals surface area contributed by atoms with Crippen molar-refractivity contribution in [3.05, 3.63) is 145 Å². The second-order valence-electron chi connectivity index (χ2n) is 8.93. The third-order valence-corrected chi connectivity index (χ3v) is 5.74. The molecule has 13 heteroatoms. The van der Waals surface area contributed by atoms with Gasteiger partial charge < -0.3 is 26.5 Å². The van der Waals surface area contributed by atoms with Gasteiger partial charge in [-0.25, -0.2) is 0 Å². The van der Waals surface area contributed by atoms with Crippen LogP contribution < -0.4 is 0 Å². The summed E-state index contributed by atoms with van der Waals surface area (Å²) < 4.78 is 29.3. The topological polar surface area (TPSA) is 181 Å². The summed E-state index contributed by atoms with van der Waals surface area (Å²) in [4.78, 5) is 68.7. The average molecular weight is 771 g/mol. The van der Waals surface area contributed by atoms with Crippen LogP contribution in [0.25, 0.3) is 0 Å². The molecule has 6 heterocycles. The minimum atomic E-state index is -0.346. The van der Waals surface area contributed by atoms with Gasteiger partial charge in [-0.1, -0.05) is 0 Å². The Hall–Kier alpha value is -5.01. The summed E-state index contributed by atoms with van der Waals surface area (Å²) in [5, 5.41) is 0. The van der Waals surface area contributed by atoms with Crippen molar-refractivity contribution in [2.24, 2.45) is 0 Å². The molecule has 12 nitrogen and oxygen atoms in total. The molecule has 46 heavy (non-hydrogen) atoms. The maximum atomic E-state index is 11.5. The summed E-state index contributed by atoms with van der Waals surface area (Å²) in [5.41, 5.74) is 0. The summed E-state index contributed by atoms with van der Waals surface area (Å²) in [6, 6.07) is 18.8. The molecule has 6 rings (SSSR count). The molecule has 0 spiro atoms. The number of ketones is 6. The third-order valence-electron chi connectivity index (χ3n) is 5.74. The molecule has 0 saturated carbocycles. The van der Waals surface area contributed by atoms with E-state index in [1.165, 1.54) is 74.0 Å². The van der Waals surface area contributed by atoms with E-state index in [1.807, 2.05) is 0 Å². The maximum absolute atomic E-state index is 11.5. The molecule has 0 fully saturated rings. The van der Waals surface area contributed by atoms with Gasteiger partial charge in [-0.3, -0.25) is 28.8 Å². The second-order valence-corrected chi connectivity index (χ2v) is 8.93. The van der Waals surface area contributed by atoms with Gasteiger partial charge in [0.05, 0.1) is 56.8 Å². The van der Waals surface area contributed by atoms with Crippen LogP contribution in [0.3, 0.4) is 0 Å². The molecular formula is C33H24O12Tb+3. The average Bonchev–Trinajstić information content (AvgIpc) is 3.91. The fourth-order valence-corrected chi connectivity index (χ4v) is 3.58. The van der Waals surface area contributed by atoms with Crippen molar-refractivity contribution < 1.29 is 93.9 Å². The number of carbonyl (C=O) groups excluding carboxylic acids is 6. The smallest absolute Gasteiger partial charge is 0.461 e. The summed E-state index contributed by atoms with van der Waals surface area (Å²) in [5.74, 6) is -0.937. The van der Waals surface area contributed by atoms with E-state index in [2.05, 4.69) is 0 Å². The van der Waals surface area contributed by atoms with Crippen LogP contribution in [-0.4, -0.2) is 34.7 Å². The van der Waals surface area contributed by atoms with Crippen LogP contribution in [0.2, 0.25) is 0 Å². The predicted molar refractivity (Wildman–Crippen MR) is 152 cm³/mol. The second kappa shape index (κ2) is 18.1. The Bertz CT molecular complexity index is 1440. The molecule has 0 aromatic carbocycles. The van der Waals surface area contributed by atoms with Crippen molar-refractivity contribution in [2.45, 2.75) is 19.3 Å². The Kier molecular flexibility index (Phi) is 13.9. The molecule has 234 valence electrons. The van der Waals surface area contributed by atoms with Crippen molar-refractivity contribution >= 4 is 34.7 Å². The van der Waals surface area contributed by atoms with Crippen LogP contribution in [0.5, 0.6) is 0 Å². The van der Waals surface area contributed by atoms with E-state index in [1.54, 1.807) is 36.4 Å². The standard InChI is InChI=1S/3C11H8O4.Tb/c3*12-8(10-3-1-5-14-10)7-9(13)11-4-2-6-15-11;/h3*1-6H,7H2;/q;;;+3. The zero-order valence-corrected chi connectivity index (χ0v) is 25.9. The van der Waals surface area contributed by atoms with Gasteiger partial charge in [0.15, 0.2) is 34.6 Å². The fourth-order valence-electron chi connectivity index (χ4n) is 3.58. The van der Waals surface area contributed by atoms with Gasteiger partial charge in [0.1, 0.15) is 0 Å². The summed E-state index contributed by atoms with van der Waals surface area (Å²) in [6.45, 7) is 0. The first-order chi connectivity index (χ1) is 21.8. The molecule has 0 N–H and O–H groups in total. The number of furan rings is 6. The van der Waals surface area contributed by atoms with E-state index in [0.29, 0.717) is 0 Å². The van der Waals surface area contributed by atoms with Crippen LogP contribution in [-0.2, 0) is 0 Å². The Morgan fingerprint density at radius 2 is 0.478 bits per heavy atom. The van der Waals surface area contributed by atoms with Gasteiger partial charge in [0.2, 0.25) is 34.7 Å². The van der Waals surface area contributed by atoms with Crippen LogP contribution in [0.4, 0.5) is 0 Å². The minimum Gasteiger partial charge on any atom is -0.461 e. The van der Waals surface area contributed by atoms with Gasteiger partial charge in [0, 0.05) is 0 Å². The quantitative estimate of drug-likeness (QED) is 0.0921. The van der Waals surface area contributed by atoms with Gasteiger partial charge in [-0.05, 0) is 72.8 Å². The van der Waals surface area contributed by atoms with Gasteiger partial charge in [-0.2, -0.15) is 0 Å². The van der Waals surface area contributed by atoms with Crippen molar-refractivity contribution in [2.75, 3.05) is 0 Å². The number of rotatable bonds is 12. The first-order valence-corrected chi connectivity index (χ1v) is 13.2. The molecule has 0 amide bonds. The van der Waals surface area contributed by atoms with E-state index in [0.717, 1.165) is 0 Å². The summed E-state index contributed by atoms with van der Waals surface area (Å²) in [6.07, 6.45) is 7.66. The molecule has 0 bridgehead atoms. The number of Topliss-reactive ketones (excluding diaryl/α,β-unsaturated/α-hetero) is 6. The zero-order chi connectivity index (χ0) is 32.0. The van der Waals surface area contributed by atoms with Crippen LogP contribution in [0, 0.1) is 38.6 Å². The first kappa shape index (κ1) is 35.5. The van der Waals surface area contributed by atoms with Crippen LogP contribution in [0.1, 0.15) is 82.6 Å². The Morgan fingerprint density at radius 1 is 0.326 bits per heavy atom. The predicted octanol–water partition coefficient (Wildman–Crippen LogP) is 6.98. The molecule has 0 unspecified atom stereocenters. The molecule has 0 aliphatic rings. The molecule has 0 aliphatic carbocycles. The molecule has 6 aromatic heterocycles. The Labute approximate surface area is 291 Å². The maximum Gasteiger partial charge on any atom is 3.00 e. The van der Waals surface area contributed by atoms with E-state index in [9.17, 15) is 28.8 Å². The molecular weight excluding hydrogens is 747 g/mol. The van der Waals surface area contributed by atoms with Crippen LogP contribution >= 0.6 is 0 Å². The summed E-state index contributed by atoms with van der Waals surface area (Å²) in [7, 11) is 0. The van der Waals surface area contributed by atoms with Gasteiger partial charge in [-0.15, -0.1) is 0 Å². The number of hydrogen-bond acceptors (Lipinski definition) is 12. The van der Waals surface area contributed by atoms with Crippen LogP contribution in [0.15, 0.2) is 137 Å². The molecule has 0 aliphatic heterocycles. The largest absolute Gasteiger partial charge is 3.00 e. The van der Waals surface area contributed by atoms with Gasteiger partial charge in [0.25, 0.3) is 0 Å². The zero-order valence-electron chi connectivity index (χ0n) is 23.7. The molecule has 0 radical (unpaired) electrons. The van der Waals surface area contributed by atoms with E-state index >= 15 is 0 Å². The molecule has 6 aromatic rings.